The maximum Gasteiger partial charge on any atom is 0.422 e. The lowest BCUT2D eigenvalue weighted by molar-refractivity contribution is -0.142. The van der Waals surface area contributed by atoms with Crippen molar-refractivity contribution in [3.8, 4) is 0 Å². The third-order valence-corrected chi connectivity index (χ3v) is 8.27. The first-order valence-corrected chi connectivity index (χ1v) is 11.9. The van der Waals surface area contributed by atoms with E-state index in [0.717, 1.165) is 56.3 Å². The molecule has 0 bridgehead atoms. The molecule has 1 aromatic carbocycles. The van der Waals surface area contributed by atoms with Gasteiger partial charge in [-0.1, -0.05) is 0 Å². The van der Waals surface area contributed by atoms with Crippen molar-refractivity contribution in [2.45, 2.75) is 89.3 Å². The minimum atomic E-state index is -5.01. The monoisotopic (exact) mass is 444 g/mol. The lowest BCUT2D eigenvalue weighted by Gasteiger charge is -2.45. The van der Waals surface area contributed by atoms with Crippen LogP contribution < -0.4 is 0 Å². The summed E-state index contributed by atoms with van der Waals surface area (Å²) in [4.78, 5) is 0. The fourth-order valence-corrected chi connectivity index (χ4v) is 6.72. The molecule has 4 rings (SSSR count). The van der Waals surface area contributed by atoms with Crippen molar-refractivity contribution < 1.29 is 26.7 Å². The fraction of sp³-hybridized carbons (Fsp3) is 0.760. The van der Waals surface area contributed by atoms with Crippen LogP contribution >= 0.6 is 0 Å². The molecule has 0 saturated heterocycles. The SMILES string of the molecule is CCOC1CCC2CC(C3CCC(c4cc(F)c(C(F)(F)F)c(F)c4)CC3)CCC2C1. The summed E-state index contributed by atoms with van der Waals surface area (Å²) in [5.41, 5.74) is -1.40. The van der Waals surface area contributed by atoms with Gasteiger partial charge in [-0.3, -0.25) is 0 Å². The van der Waals surface area contributed by atoms with Gasteiger partial charge in [0.2, 0.25) is 0 Å². The normalized spacial score (nSPS) is 34.4. The third kappa shape index (κ3) is 5.09. The lowest BCUT2D eigenvalue weighted by Crippen LogP contribution is -2.36. The summed E-state index contributed by atoms with van der Waals surface area (Å²) in [6, 6.07) is 1.80. The van der Waals surface area contributed by atoms with E-state index in [1.165, 1.54) is 38.5 Å². The molecule has 174 valence electrons. The van der Waals surface area contributed by atoms with Crippen molar-refractivity contribution in [3.05, 3.63) is 34.9 Å². The molecule has 0 aromatic heterocycles. The van der Waals surface area contributed by atoms with E-state index in [2.05, 4.69) is 6.92 Å². The number of rotatable bonds is 4. The van der Waals surface area contributed by atoms with Gasteiger partial charge in [-0.25, -0.2) is 8.78 Å². The Labute approximate surface area is 181 Å². The summed E-state index contributed by atoms with van der Waals surface area (Å²) < 4.78 is 72.3. The van der Waals surface area contributed by atoms with Crippen LogP contribution in [0.1, 0.15) is 88.2 Å². The molecule has 0 amide bonds. The quantitative estimate of drug-likeness (QED) is 0.429. The van der Waals surface area contributed by atoms with Crippen molar-refractivity contribution in [1.29, 1.82) is 0 Å². The first kappa shape index (κ1) is 23.0. The first-order valence-electron chi connectivity index (χ1n) is 11.9. The highest BCUT2D eigenvalue weighted by Gasteiger charge is 2.40. The number of ether oxygens (including phenoxy) is 1. The van der Waals surface area contributed by atoms with Gasteiger partial charge in [-0.15, -0.1) is 0 Å². The Morgan fingerprint density at radius 1 is 0.774 bits per heavy atom. The third-order valence-electron chi connectivity index (χ3n) is 8.27. The maximum atomic E-state index is 14.0. The van der Waals surface area contributed by atoms with E-state index in [1.54, 1.807) is 0 Å². The molecule has 1 aromatic rings. The van der Waals surface area contributed by atoms with Crippen LogP contribution in [0, 0.1) is 35.3 Å². The molecule has 4 unspecified atom stereocenters. The summed E-state index contributed by atoms with van der Waals surface area (Å²) in [5, 5.41) is 0. The van der Waals surface area contributed by atoms with Crippen LogP contribution in [0.4, 0.5) is 22.0 Å². The average molecular weight is 445 g/mol. The molecule has 3 fully saturated rings. The molecule has 6 heteroatoms. The Morgan fingerprint density at radius 2 is 1.29 bits per heavy atom. The molecular weight excluding hydrogens is 411 g/mol. The van der Waals surface area contributed by atoms with E-state index in [1.807, 2.05) is 0 Å². The van der Waals surface area contributed by atoms with Crippen LogP contribution in [-0.2, 0) is 10.9 Å². The molecule has 0 spiro atoms. The average Bonchev–Trinajstić information content (AvgIpc) is 2.72. The number of halogens is 5. The maximum absolute atomic E-state index is 14.0. The first-order chi connectivity index (χ1) is 14.8. The van der Waals surface area contributed by atoms with Crippen LogP contribution in [-0.4, -0.2) is 12.7 Å². The standard InChI is InChI=1S/C25H33F5O/c1-2-31-21-10-9-18-11-17(7-8-19(18)12-21)15-3-5-16(6-4-15)20-13-22(26)24(23(27)14-20)25(28,29)30/h13-19,21H,2-12H2,1H3. The van der Waals surface area contributed by atoms with Gasteiger partial charge in [-0.05, 0) is 118 Å². The van der Waals surface area contributed by atoms with Gasteiger partial charge in [0.05, 0.1) is 6.10 Å². The van der Waals surface area contributed by atoms with Crippen molar-refractivity contribution in [3.63, 3.8) is 0 Å². The van der Waals surface area contributed by atoms with Crippen molar-refractivity contribution in [1.82, 2.24) is 0 Å². The summed E-state index contributed by atoms with van der Waals surface area (Å²) in [5.74, 6) is -0.114. The van der Waals surface area contributed by atoms with Gasteiger partial charge in [0.1, 0.15) is 17.2 Å². The number of benzene rings is 1. The van der Waals surface area contributed by atoms with Gasteiger partial charge < -0.3 is 4.74 Å². The Morgan fingerprint density at radius 3 is 1.87 bits per heavy atom. The summed E-state index contributed by atoms with van der Waals surface area (Å²) >= 11 is 0. The molecular formula is C25H33F5O. The second-order valence-corrected chi connectivity index (χ2v) is 9.95. The Bertz CT molecular complexity index is 730. The molecule has 3 aliphatic carbocycles. The van der Waals surface area contributed by atoms with Crippen LogP contribution in [0.15, 0.2) is 12.1 Å². The largest absolute Gasteiger partial charge is 0.422 e. The second-order valence-electron chi connectivity index (χ2n) is 9.95. The topological polar surface area (TPSA) is 9.23 Å². The van der Waals surface area contributed by atoms with E-state index in [0.29, 0.717) is 23.5 Å². The number of hydrogen-bond acceptors (Lipinski definition) is 1. The molecule has 3 aliphatic rings. The molecule has 4 atom stereocenters. The summed E-state index contributed by atoms with van der Waals surface area (Å²) in [7, 11) is 0. The zero-order chi connectivity index (χ0) is 22.2. The highest BCUT2D eigenvalue weighted by molar-refractivity contribution is 5.30. The van der Waals surface area contributed by atoms with E-state index in [4.69, 9.17) is 4.74 Å². The highest BCUT2D eigenvalue weighted by atomic mass is 19.4. The highest BCUT2D eigenvalue weighted by Crippen LogP contribution is 2.49. The van der Waals surface area contributed by atoms with Crippen LogP contribution in [0.25, 0.3) is 0 Å². The number of fused-ring (bicyclic) bond motifs is 1. The molecule has 3 saturated carbocycles. The van der Waals surface area contributed by atoms with E-state index in [-0.39, 0.29) is 5.92 Å². The predicted octanol–water partition coefficient (Wildman–Crippen LogP) is 7.88. The van der Waals surface area contributed by atoms with E-state index < -0.39 is 23.4 Å². The zero-order valence-electron chi connectivity index (χ0n) is 18.2. The van der Waals surface area contributed by atoms with Gasteiger partial charge in [0.25, 0.3) is 0 Å². The van der Waals surface area contributed by atoms with Crippen LogP contribution in [0.3, 0.4) is 0 Å². The summed E-state index contributed by atoms with van der Waals surface area (Å²) in [6.45, 7) is 2.85. The minimum Gasteiger partial charge on any atom is -0.378 e. The predicted molar refractivity (Wildman–Crippen MR) is 110 cm³/mol. The molecule has 0 aliphatic heterocycles. The molecule has 0 radical (unpaired) electrons. The minimum absolute atomic E-state index is 0.0551. The second kappa shape index (κ2) is 9.36. The lowest BCUT2D eigenvalue weighted by atomic mass is 9.62. The van der Waals surface area contributed by atoms with Gasteiger partial charge in [0.15, 0.2) is 0 Å². The molecule has 0 heterocycles. The molecule has 1 nitrogen and oxygen atoms in total. The van der Waals surface area contributed by atoms with Crippen molar-refractivity contribution in [2.24, 2.45) is 23.7 Å². The smallest absolute Gasteiger partial charge is 0.378 e. The number of alkyl halides is 3. The van der Waals surface area contributed by atoms with Gasteiger partial charge in [-0.2, -0.15) is 13.2 Å². The Balaban J connectivity index is 1.33. The Hall–Kier alpha value is -1.17. The Kier molecular flexibility index (Phi) is 6.95. The fourth-order valence-electron chi connectivity index (χ4n) is 6.72. The summed E-state index contributed by atoms with van der Waals surface area (Å²) in [6.07, 6.45) is 6.44. The number of hydrogen-bond donors (Lipinski definition) is 0. The van der Waals surface area contributed by atoms with Crippen molar-refractivity contribution >= 4 is 0 Å². The molecule has 0 N–H and O–H groups in total. The van der Waals surface area contributed by atoms with Gasteiger partial charge >= 0.3 is 6.18 Å². The zero-order valence-corrected chi connectivity index (χ0v) is 18.2. The van der Waals surface area contributed by atoms with Gasteiger partial charge in [0, 0.05) is 6.61 Å². The van der Waals surface area contributed by atoms with Crippen LogP contribution in [0.5, 0.6) is 0 Å². The van der Waals surface area contributed by atoms with E-state index >= 15 is 0 Å². The van der Waals surface area contributed by atoms with E-state index in [9.17, 15) is 22.0 Å². The molecule has 31 heavy (non-hydrogen) atoms. The van der Waals surface area contributed by atoms with Crippen LogP contribution in [0.2, 0.25) is 0 Å². The van der Waals surface area contributed by atoms with Crippen molar-refractivity contribution in [2.75, 3.05) is 6.61 Å².